The Kier molecular flexibility index (Phi) is 5.00. The van der Waals surface area contributed by atoms with Crippen molar-refractivity contribution in [2.24, 2.45) is 7.05 Å². The van der Waals surface area contributed by atoms with Crippen molar-refractivity contribution in [2.45, 2.75) is 59.0 Å². The zero-order valence-corrected chi connectivity index (χ0v) is 11.2. The van der Waals surface area contributed by atoms with E-state index in [1.165, 1.54) is 24.1 Å². The Morgan fingerprint density at radius 1 is 1.38 bits per heavy atom. The average molecular weight is 223 g/mol. The van der Waals surface area contributed by atoms with E-state index < -0.39 is 0 Å². The minimum atomic E-state index is 0.500. The van der Waals surface area contributed by atoms with Gasteiger partial charge >= 0.3 is 0 Å². The second kappa shape index (κ2) is 6.04. The molecule has 0 fully saturated rings. The molecule has 0 saturated carbocycles. The maximum absolute atomic E-state index is 4.51. The lowest BCUT2D eigenvalue weighted by atomic mass is 10.1. The average Bonchev–Trinajstić information content (AvgIpc) is 2.57. The fourth-order valence-electron chi connectivity index (χ4n) is 2.00. The summed E-state index contributed by atoms with van der Waals surface area (Å²) in [6.45, 7) is 9.79. The molecule has 0 aliphatic carbocycles. The van der Waals surface area contributed by atoms with Crippen LogP contribution in [0.15, 0.2) is 6.20 Å². The smallest absolute Gasteiger partial charge is 0.0694 e. The summed E-state index contributed by atoms with van der Waals surface area (Å²) in [4.78, 5) is 0. The van der Waals surface area contributed by atoms with E-state index >= 15 is 0 Å². The molecule has 1 N–H and O–H groups in total. The summed E-state index contributed by atoms with van der Waals surface area (Å²) in [5, 5.41) is 8.07. The molecule has 0 saturated heterocycles. The normalized spacial score (nSPS) is 13.4. The first-order valence-corrected chi connectivity index (χ1v) is 6.30. The second-order valence-corrected chi connectivity index (χ2v) is 4.94. The van der Waals surface area contributed by atoms with Crippen LogP contribution >= 0.6 is 0 Å². The lowest BCUT2D eigenvalue weighted by Crippen LogP contribution is -2.25. The van der Waals surface area contributed by atoms with Gasteiger partial charge in [0.05, 0.1) is 5.69 Å². The maximum atomic E-state index is 4.51. The van der Waals surface area contributed by atoms with Gasteiger partial charge in [-0.1, -0.05) is 27.2 Å². The molecule has 16 heavy (non-hydrogen) atoms. The first kappa shape index (κ1) is 13.2. The van der Waals surface area contributed by atoms with E-state index in [1.54, 1.807) is 0 Å². The van der Waals surface area contributed by atoms with Crippen molar-refractivity contribution in [3.05, 3.63) is 17.5 Å². The monoisotopic (exact) mass is 223 g/mol. The summed E-state index contributed by atoms with van der Waals surface area (Å²) >= 11 is 0. The quantitative estimate of drug-likeness (QED) is 0.803. The van der Waals surface area contributed by atoms with Crippen molar-refractivity contribution in [2.75, 3.05) is 0 Å². The number of aromatic nitrogens is 2. The zero-order chi connectivity index (χ0) is 12.1. The van der Waals surface area contributed by atoms with Gasteiger partial charge in [-0.15, -0.1) is 0 Å². The third kappa shape index (κ3) is 3.63. The molecule has 0 radical (unpaired) electrons. The summed E-state index contributed by atoms with van der Waals surface area (Å²) in [5.74, 6) is 0.500. The van der Waals surface area contributed by atoms with Gasteiger partial charge in [-0.05, 0) is 19.3 Å². The minimum Gasteiger partial charge on any atom is -0.310 e. The van der Waals surface area contributed by atoms with Crippen LogP contribution in [0.2, 0.25) is 0 Å². The van der Waals surface area contributed by atoms with Gasteiger partial charge in [-0.25, -0.2) is 0 Å². The molecule has 3 heteroatoms. The van der Waals surface area contributed by atoms with Crippen LogP contribution in [-0.2, 0) is 13.6 Å². The van der Waals surface area contributed by atoms with E-state index in [0.29, 0.717) is 12.0 Å². The third-order valence-electron chi connectivity index (χ3n) is 2.85. The van der Waals surface area contributed by atoms with Gasteiger partial charge in [0, 0.05) is 31.4 Å². The molecule has 3 nitrogen and oxygen atoms in total. The minimum absolute atomic E-state index is 0.500. The summed E-state index contributed by atoms with van der Waals surface area (Å²) < 4.78 is 1.91. The molecule has 1 atom stereocenters. The largest absolute Gasteiger partial charge is 0.310 e. The van der Waals surface area contributed by atoms with Crippen molar-refractivity contribution in [3.8, 4) is 0 Å². The van der Waals surface area contributed by atoms with E-state index in [4.69, 9.17) is 0 Å². The third-order valence-corrected chi connectivity index (χ3v) is 2.85. The van der Waals surface area contributed by atoms with Crippen molar-refractivity contribution in [3.63, 3.8) is 0 Å². The fraction of sp³-hybridized carbons (Fsp3) is 0.769. The van der Waals surface area contributed by atoms with Crippen molar-refractivity contribution < 1.29 is 0 Å². The summed E-state index contributed by atoms with van der Waals surface area (Å²) in [7, 11) is 1.99. The Bertz CT molecular complexity index is 315. The number of nitrogens with one attached hydrogen (secondary N) is 1. The van der Waals surface area contributed by atoms with E-state index in [1.807, 2.05) is 11.7 Å². The molecule has 1 aromatic rings. The van der Waals surface area contributed by atoms with Crippen molar-refractivity contribution in [1.29, 1.82) is 0 Å². The van der Waals surface area contributed by atoms with Gasteiger partial charge in [0.25, 0.3) is 0 Å². The lowest BCUT2D eigenvalue weighted by Gasteiger charge is -2.13. The number of nitrogens with zero attached hydrogens (tertiary/aromatic N) is 2. The van der Waals surface area contributed by atoms with E-state index in [9.17, 15) is 0 Å². The molecule has 0 spiro atoms. The van der Waals surface area contributed by atoms with Crippen LogP contribution < -0.4 is 5.32 Å². The summed E-state index contributed by atoms with van der Waals surface area (Å²) in [5.41, 5.74) is 2.55. The molecule has 1 unspecified atom stereocenters. The highest BCUT2D eigenvalue weighted by atomic mass is 15.3. The molecule has 1 rings (SSSR count). The van der Waals surface area contributed by atoms with Crippen molar-refractivity contribution >= 4 is 0 Å². The van der Waals surface area contributed by atoms with Crippen molar-refractivity contribution in [1.82, 2.24) is 15.1 Å². The molecular weight excluding hydrogens is 198 g/mol. The fourth-order valence-corrected chi connectivity index (χ4v) is 2.00. The van der Waals surface area contributed by atoms with E-state index in [-0.39, 0.29) is 0 Å². The maximum Gasteiger partial charge on any atom is 0.0694 e. The van der Waals surface area contributed by atoms with Gasteiger partial charge in [0.2, 0.25) is 0 Å². The Balaban J connectivity index is 2.59. The molecule has 1 heterocycles. The van der Waals surface area contributed by atoms with Gasteiger partial charge < -0.3 is 5.32 Å². The van der Waals surface area contributed by atoms with Gasteiger partial charge in [-0.2, -0.15) is 5.10 Å². The van der Waals surface area contributed by atoms with Crippen LogP contribution in [0.5, 0.6) is 0 Å². The van der Waals surface area contributed by atoms with Gasteiger partial charge in [0.1, 0.15) is 0 Å². The first-order chi connectivity index (χ1) is 7.54. The second-order valence-electron chi connectivity index (χ2n) is 4.94. The molecular formula is C13H25N3. The first-order valence-electron chi connectivity index (χ1n) is 6.30. The Labute approximate surface area is 99.2 Å². The van der Waals surface area contributed by atoms with Gasteiger partial charge in [0.15, 0.2) is 0 Å². The zero-order valence-electron chi connectivity index (χ0n) is 11.2. The SMILES string of the molecule is CCCC(C)NCc1cn(C)nc1C(C)C. The molecule has 0 aliphatic heterocycles. The summed E-state index contributed by atoms with van der Waals surface area (Å²) in [6.07, 6.45) is 4.59. The van der Waals surface area contributed by atoms with E-state index in [2.05, 4.69) is 44.3 Å². The molecule has 0 aromatic carbocycles. The predicted molar refractivity (Wildman–Crippen MR) is 68.5 cm³/mol. The van der Waals surface area contributed by atoms with Crippen LogP contribution in [-0.4, -0.2) is 15.8 Å². The Hall–Kier alpha value is -0.830. The van der Waals surface area contributed by atoms with Gasteiger partial charge in [-0.3, -0.25) is 4.68 Å². The Morgan fingerprint density at radius 2 is 2.06 bits per heavy atom. The lowest BCUT2D eigenvalue weighted by molar-refractivity contribution is 0.506. The van der Waals surface area contributed by atoms with Crippen LogP contribution in [0.25, 0.3) is 0 Å². The van der Waals surface area contributed by atoms with Crippen LogP contribution in [0.1, 0.15) is 57.7 Å². The molecule has 1 aromatic heterocycles. The highest BCUT2D eigenvalue weighted by Crippen LogP contribution is 2.17. The topological polar surface area (TPSA) is 29.9 Å². The highest BCUT2D eigenvalue weighted by molar-refractivity contribution is 5.20. The molecule has 92 valence electrons. The number of hydrogen-bond donors (Lipinski definition) is 1. The Morgan fingerprint density at radius 3 is 2.62 bits per heavy atom. The number of hydrogen-bond acceptors (Lipinski definition) is 2. The van der Waals surface area contributed by atoms with E-state index in [0.717, 1.165) is 6.54 Å². The predicted octanol–water partition coefficient (Wildman–Crippen LogP) is 2.82. The molecule has 0 bridgehead atoms. The standard InChI is InChI=1S/C13H25N3/c1-6-7-11(4)14-8-12-9-16(5)15-13(12)10(2)3/h9-11,14H,6-8H2,1-5H3. The van der Waals surface area contributed by atoms with Crippen LogP contribution in [0.3, 0.4) is 0 Å². The summed E-state index contributed by atoms with van der Waals surface area (Å²) in [6, 6.07) is 0.588. The molecule has 0 aliphatic rings. The molecule has 0 amide bonds. The number of rotatable bonds is 6. The number of aryl methyl sites for hydroxylation is 1. The van der Waals surface area contributed by atoms with Crippen LogP contribution in [0.4, 0.5) is 0 Å². The highest BCUT2D eigenvalue weighted by Gasteiger charge is 2.11. The van der Waals surface area contributed by atoms with Crippen LogP contribution in [0, 0.1) is 0 Å².